The lowest BCUT2D eigenvalue weighted by molar-refractivity contribution is -0.136. The summed E-state index contributed by atoms with van der Waals surface area (Å²) in [5.41, 5.74) is 6.99. The summed E-state index contributed by atoms with van der Waals surface area (Å²) in [6.45, 7) is 5.81. The number of hydrogen-bond donors (Lipinski definition) is 1. The van der Waals surface area contributed by atoms with E-state index in [2.05, 4.69) is 0 Å². The topological polar surface area (TPSA) is 55.6 Å². The van der Waals surface area contributed by atoms with Gasteiger partial charge in [-0.15, -0.1) is 0 Å². The smallest absolute Gasteiger partial charge is 0.258 e. The van der Waals surface area contributed by atoms with Crippen molar-refractivity contribution >= 4 is 11.6 Å². The van der Waals surface area contributed by atoms with Crippen LogP contribution in [0.3, 0.4) is 0 Å². The van der Waals surface area contributed by atoms with Crippen LogP contribution in [-0.4, -0.2) is 31.2 Å². The Hall–Kier alpha value is -1.39. The van der Waals surface area contributed by atoms with Crippen LogP contribution in [0.1, 0.15) is 31.7 Å². The number of hydrogen-bond acceptors (Lipinski definition) is 3. The van der Waals surface area contributed by atoms with Crippen molar-refractivity contribution in [3.05, 3.63) is 29.8 Å². The zero-order chi connectivity index (χ0) is 14.6. The molecule has 1 aliphatic heterocycles. The highest BCUT2D eigenvalue weighted by molar-refractivity contribution is 5.99. The molecule has 1 saturated heterocycles. The van der Waals surface area contributed by atoms with Gasteiger partial charge in [-0.1, -0.05) is 12.1 Å². The fraction of sp³-hybridized carbons (Fsp3) is 0.562. The van der Waals surface area contributed by atoms with Crippen LogP contribution in [0.2, 0.25) is 0 Å². The van der Waals surface area contributed by atoms with Gasteiger partial charge < -0.3 is 15.4 Å². The lowest BCUT2D eigenvalue weighted by atomic mass is 10.00. The van der Waals surface area contributed by atoms with Gasteiger partial charge in [0.25, 0.3) is 5.91 Å². The molecular weight excluding hydrogens is 252 g/mol. The Balaban J connectivity index is 2.25. The third kappa shape index (κ3) is 3.19. The molecule has 1 aromatic rings. The number of nitrogens with zero attached hydrogens (tertiary/aromatic N) is 1. The summed E-state index contributed by atoms with van der Waals surface area (Å²) in [6, 6.07) is 8.01. The van der Waals surface area contributed by atoms with E-state index in [-0.39, 0.29) is 5.91 Å². The largest absolute Gasteiger partial charge is 0.365 e. The van der Waals surface area contributed by atoms with Gasteiger partial charge in [-0.3, -0.25) is 4.79 Å². The van der Waals surface area contributed by atoms with E-state index in [1.807, 2.05) is 43.0 Å². The maximum atomic E-state index is 12.8. The number of nitrogens with two attached hydrogens (primary N) is 1. The van der Waals surface area contributed by atoms with Gasteiger partial charge >= 0.3 is 0 Å². The van der Waals surface area contributed by atoms with Crippen molar-refractivity contribution in [3.8, 4) is 0 Å². The predicted octanol–water partition coefficient (Wildman–Crippen LogP) is 2.25. The monoisotopic (exact) mass is 276 g/mol. The molecule has 0 aromatic heterocycles. The molecule has 1 atom stereocenters. The van der Waals surface area contributed by atoms with Crippen LogP contribution in [0.15, 0.2) is 24.3 Å². The number of ether oxygens (including phenoxy) is 1. The number of carbonyl (C=O) groups excluding carboxylic acids is 1. The molecule has 4 heteroatoms. The maximum absolute atomic E-state index is 12.8. The number of benzene rings is 1. The standard InChI is InChI=1S/C16H24N2O2/c1-13-6-3-7-14(12-13)18(10-5-9-17)15(19)16(2)8-4-11-20-16/h3,6-7,12H,4-5,8-11,17H2,1-2H3. The number of aryl methyl sites for hydroxylation is 1. The minimum absolute atomic E-state index is 0.0500. The molecule has 2 N–H and O–H groups in total. The normalized spacial score (nSPS) is 21.9. The van der Waals surface area contributed by atoms with Crippen molar-refractivity contribution in [1.29, 1.82) is 0 Å². The zero-order valence-electron chi connectivity index (χ0n) is 12.4. The number of anilines is 1. The summed E-state index contributed by atoms with van der Waals surface area (Å²) in [6.07, 6.45) is 2.52. The van der Waals surface area contributed by atoms with E-state index in [0.29, 0.717) is 19.7 Å². The Labute approximate surface area is 120 Å². The maximum Gasteiger partial charge on any atom is 0.258 e. The molecule has 1 unspecified atom stereocenters. The second kappa shape index (κ2) is 6.37. The highest BCUT2D eigenvalue weighted by atomic mass is 16.5. The highest BCUT2D eigenvalue weighted by Gasteiger charge is 2.40. The summed E-state index contributed by atoms with van der Waals surface area (Å²) in [5.74, 6) is 0.0500. The molecule has 1 aromatic carbocycles. The van der Waals surface area contributed by atoms with Gasteiger partial charge in [0.1, 0.15) is 5.60 Å². The van der Waals surface area contributed by atoms with E-state index in [0.717, 1.165) is 30.5 Å². The average Bonchev–Trinajstić information content (AvgIpc) is 2.87. The molecule has 4 nitrogen and oxygen atoms in total. The summed E-state index contributed by atoms with van der Waals surface area (Å²) >= 11 is 0. The lowest BCUT2D eigenvalue weighted by Crippen LogP contribution is -2.47. The number of carbonyl (C=O) groups is 1. The molecule has 1 fully saturated rings. The van der Waals surface area contributed by atoms with E-state index in [4.69, 9.17) is 10.5 Å². The third-order valence-electron chi connectivity index (χ3n) is 3.82. The first kappa shape index (κ1) is 15.0. The van der Waals surface area contributed by atoms with E-state index in [1.165, 1.54) is 0 Å². The van der Waals surface area contributed by atoms with Gasteiger partial charge in [-0.2, -0.15) is 0 Å². The lowest BCUT2D eigenvalue weighted by Gasteiger charge is -2.31. The van der Waals surface area contributed by atoms with Crippen LogP contribution in [0.4, 0.5) is 5.69 Å². The molecule has 1 amide bonds. The van der Waals surface area contributed by atoms with Crippen LogP contribution >= 0.6 is 0 Å². The highest BCUT2D eigenvalue weighted by Crippen LogP contribution is 2.29. The van der Waals surface area contributed by atoms with Crippen molar-refractivity contribution in [3.63, 3.8) is 0 Å². The van der Waals surface area contributed by atoms with Gasteiger partial charge in [0.2, 0.25) is 0 Å². The second-order valence-corrected chi connectivity index (χ2v) is 5.62. The molecule has 110 valence electrons. The molecule has 0 bridgehead atoms. The summed E-state index contributed by atoms with van der Waals surface area (Å²) in [7, 11) is 0. The van der Waals surface area contributed by atoms with Crippen molar-refractivity contribution in [1.82, 2.24) is 0 Å². The summed E-state index contributed by atoms with van der Waals surface area (Å²) in [5, 5.41) is 0. The Morgan fingerprint density at radius 1 is 1.50 bits per heavy atom. The summed E-state index contributed by atoms with van der Waals surface area (Å²) in [4.78, 5) is 14.7. The van der Waals surface area contributed by atoms with Crippen LogP contribution in [0, 0.1) is 6.92 Å². The van der Waals surface area contributed by atoms with Gasteiger partial charge in [0.05, 0.1) is 0 Å². The van der Waals surface area contributed by atoms with E-state index in [1.54, 1.807) is 0 Å². The quantitative estimate of drug-likeness (QED) is 0.897. The zero-order valence-corrected chi connectivity index (χ0v) is 12.4. The van der Waals surface area contributed by atoms with Crippen molar-refractivity contribution in [2.24, 2.45) is 5.73 Å². The Morgan fingerprint density at radius 3 is 2.90 bits per heavy atom. The number of amides is 1. The molecule has 0 saturated carbocycles. The molecule has 0 radical (unpaired) electrons. The summed E-state index contributed by atoms with van der Waals surface area (Å²) < 4.78 is 5.69. The fourth-order valence-corrected chi connectivity index (χ4v) is 2.63. The van der Waals surface area contributed by atoms with Crippen LogP contribution in [0.25, 0.3) is 0 Å². The fourth-order valence-electron chi connectivity index (χ4n) is 2.63. The molecule has 0 aliphatic carbocycles. The molecule has 20 heavy (non-hydrogen) atoms. The van der Waals surface area contributed by atoms with Gasteiger partial charge in [0.15, 0.2) is 0 Å². The number of rotatable bonds is 5. The molecule has 2 rings (SSSR count). The van der Waals surface area contributed by atoms with Crippen LogP contribution in [-0.2, 0) is 9.53 Å². The Kier molecular flexibility index (Phi) is 4.78. The Bertz CT molecular complexity index is 467. The van der Waals surface area contributed by atoms with Gasteiger partial charge in [-0.25, -0.2) is 0 Å². The van der Waals surface area contributed by atoms with E-state index >= 15 is 0 Å². The Morgan fingerprint density at radius 2 is 2.30 bits per heavy atom. The molecular formula is C16H24N2O2. The van der Waals surface area contributed by atoms with Gasteiger partial charge in [-0.05, 0) is 57.4 Å². The second-order valence-electron chi connectivity index (χ2n) is 5.62. The van der Waals surface area contributed by atoms with E-state index < -0.39 is 5.60 Å². The van der Waals surface area contributed by atoms with Crippen molar-refractivity contribution in [2.75, 3.05) is 24.6 Å². The minimum Gasteiger partial charge on any atom is -0.365 e. The van der Waals surface area contributed by atoms with E-state index in [9.17, 15) is 4.79 Å². The molecule has 1 aliphatic rings. The van der Waals surface area contributed by atoms with Crippen molar-refractivity contribution in [2.45, 2.75) is 38.7 Å². The third-order valence-corrected chi connectivity index (χ3v) is 3.82. The minimum atomic E-state index is -0.682. The predicted molar refractivity (Wildman–Crippen MR) is 80.8 cm³/mol. The van der Waals surface area contributed by atoms with Gasteiger partial charge in [0, 0.05) is 18.8 Å². The van der Waals surface area contributed by atoms with Crippen LogP contribution in [0.5, 0.6) is 0 Å². The average molecular weight is 276 g/mol. The first-order valence-corrected chi connectivity index (χ1v) is 7.29. The first-order chi connectivity index (χ1) is 9.57. The molecule has 1 heterocycles. The van der Waals surface area contributed by atoms with Crippen LogP contribution < -0.4 is 10.6 Å². The molecule has 0 spiro atoms. The SMILES string of the molecule is Cc1cccc(N(CCCN)C(=O)C2(C)CCCO2)c1. The van der Waals surface area contributed by atoms with Crippen molar-refractivity contribution < 1.29 is 9.53 Å². The first-order valence-electron chi connectivity index (χ1n) is 7.29.